The van der Waals surface area contributed by atoms with E-state index in [0.29, 0.717) is 6.04 Å². The van der Waals surface area contributed by atoms with Crippen LogP contribution >= 0.6 is 0 Å². The molecule has 80 valence electrons. The molecule has 0 heterocycles. The first-order valence-corrected chi connectivity index (χ1v) is 5.49. The lowest BCUT2D eigenvalue weighted by Crippen LogP contribution is -2.51. The Morgan fingerprint density at radius 2 is 1.69 bits per heavy atom. The van der Waals surface area contributed by atoms with Crippen molar-refractivity contribution in [2.75, 3.05) is 13.7 Å². The third-order valence-corrected chi connectivity index (χ3v) is 3.10. The van der Waals surface area contributed by atoms with Gasteiger partial charge < -0.3 is 10.1 Å². The molecule has 1 atom stereocenters. The fourth-order valence-corrected chi connectivity index (χ4v) is 2.12. The second-order valence-corrected chi connectivity index (χ2v) is 3.49. The third-order valence-electron chi connectivity index (χ3n) is 3.10. The summed E-state index contributed by atoms with van der Waals surface area (Å²) >= 11 is 0. The molecule has 0 aliphatic heterocycles. The maximum absolute atomic E-state index is 5.68. The van der Waals surface area contributed by atoms with E-state index in [0.717, 1.165) is 25.8 Å². The molecular weight excluding hydrogens is 162 g/mol. The number of rotatable bonds is 7. The average Bonchev–Trinajstić information content (AvgIpc) is 2.19. The average molecular weight is 187 g/mol. The first-order chi connectivity index (χ1) is 6.20. The summed E-state index contributed by atoms with van der Waals surface area (Å²) in [6, 6.07) is 0.484. The minimum absolute atomic E-state index is 0.0325. The van der Waals surface area contributed by atoms with E-state index in [1.807, 2.05) is 7.11 Å². The number of ether oxygens (including phenoxy) is 1. The molecule has 0 spiro atoms. The highest BCUT2D eigenvalue weighted by molar-refractivity contribution is 4.90. The molecule has 0 aliphatic carbocycles. The SMILES string of the molecule is CCNC(CC)C(CC)(CC)OC. The summed E-state index contributed by atoms with van der Waals surface area (Å²) in [6.45, 7) is 9.78. The molecule has 1 unspecified atom stereocenters. The predicted octanol–water partition coefficient (Wildman–Crippen LogP) is 2.58. The first-order valence-electron chi connectivity index (χ1n) is 5.49. The monoisotopic (exact) mass is 187 g/mol. The summed E-state index contributed by atoms with van der Waals surface area (Å²) in [7, 11) is 1.83. The molecule has 0 aromatic carbocycles. The second kappa shape index (κ2) is 6.39. The van der Waals surface area contributed by atoms with E-state index < -0.39 is 0 Å². The molecule has 0 aliphatic rings. The molecule has 0 bridgehead atoms. The van der Waals surface area contributed by atoms with Crippen LogP contribution in [0.3, 0.4) is 0 Å². The third kappa shape index (κ3) is 2.96. The molecule has 2 heteroatoms. The van der Waals surface area contributed by atoms with Crippen LogP contribution in [0, 0.1) is 0 Å². The molecule has 2 nitrogen and oxygen atoms in total. The molecular formula is C11H25NO. The summed E-state index contributed by atoms with van der Waals surface area (Å²) < 4.78 is 5.68. The van der Waals surface area contributed by atoms with Crippen molar-refractivity contribution >= 4 is 0 Å². The topological polar surface area (TPSA) is 21.3 Å². The van der Waals surface area contributed by atoms with Crippen molar-refractivity contribution in [3.63, 3.8) is 0 Å². The number of nitrogens with one attached hydrogen (secondary N) is 1. The Balaban J connectivity index is 4.45. The molecule has 0 saturated carbocycles. The smallest absolute Gasteiger partial charge is 0.0825 e. The number of likely N-dealkylation sites (N-methyl/N-ethyl adjacent to an activating group) is 1. The summed E-state index contributed by atoms with van der Waals surface area (Å²) in [5.74, 6) is 0. The van der Waals surface area contributed by atoms with Crippen molar-refractivity contribution in [2.45, 2.75) is 58.6 Å². The highest BCUT2D eigenvalue weighted by Gasteiger charge is 2.33. The Bertz CT molecular complexity index is 113. The largest absolute Gasteiger partial charge is 0.377 e. The Labute approximate surface area is 83.1 Å². The Morgan fingerprint density at radius 3 is 1.92 bits per heavy atom. The standard InChI is InChI=1S/C11H25NO/c1-6-10(12-9-4)11(7-2,8-3)13-5/h10,12H,6-9H2,1-5H3. The molecule has 0 radical (unpaired) electrons. The molecule has 0 saturated heterocycles. The fourth-order valence-electron chi connectivity index (χ4n) is 2.12. The summed E-state index contributed by atoms with van der Waals surface area (Å²) in [6.07, 6.45) is 3.28. The lowest BCUT2D eigenvalue weighted by Gasteiger charge is -2.38. The van der Waals surface area contributed by atoms with Crippen LogP contribution in [-0.4, -0.2) is 25.3 Å². The number of hydrogen-bond acceptors (Lipinski definition) is 2. The van der Waals surface area contributed by atoms with Crippen molar-refractivity contribution < 1.29 is 4.74 Å². The van der Waals surface area contributed by atoms with Crippen molar-refractivity contribution in [2.24, 2.45) is 0 Å². The Hall–Kier alpha value is -0.0800. The maximum atomic E-state index is 5.68. The Morgan fingerprint density at radius 1 is 1.15 bits per heavy atom. The van der Waals surface area contributed by atoms with Crippen molar-refractivity contribution in [1.82, 2.24) is 5.32 Å². The van der Waals surface area contributed by atoms with Gasteiger partial charge in [0, 0.05) is 13.2 Å². The second-order valence-electron chi connectivity index (χ2n) is 3.49. The Kier molecular flexibility index (Phi) is 6.35. The van der Waals surface area contributed by atoms with Gasteiger partial charge in [0.15, 0.2) is 0 Å². The van der Waals surface area contributed by atoms with Crippen LogP contribution < -0.4 is 5.32 Å². The molecule has 0 aromatic heterocycles. The van der Waals surface area contributed by atoms with Gasteiger partial charge >= 0.3 is 0 Å². The van der Waals surface area contributed by atoms with Gasteiger partial charge in [-0.25, -0.2) is 0 Å². The minimum Gasteiger partial charge on any atom is -0.377 e. The van der Waals surface area contributed by atoms with Gasteiger partial charge in [0.25, 0.3) is 0 Å². The van der Waals surface area contributed by atoms with Gasteiger partial charge in [-0.2, -0.15) is 0 Å². The van der Waals surface area contributed by atoms with Crippen LogP contribution in [0.2, 0.25) is 0 Å². The molecule has 0 aromatic rings. The number of methoxy groups -OCH3 is 1. The normalized spacial score (nSPS) is 14.5. The summed E-state index contributed by atoms with van der Waals surface area (Å²) in [5, 5.41) is 3.50. The van der Waals surface area contributed by atoms with E-state index in [1.165, 1.54) is 0 Å². The van der Waals surface area contributed by atoms with Gasteiger partial charge in [-0.15, -0.1) is 0 Å². The maximum Gasteiger partial charge on any atom is 0.0825 e. The zero-order chi connectivity index (χ0) is 10.3. The zero-order valence-electron chi connectivity index (χ0n) is 9.81. The van der Waals surface area contributed by atoms with Gasteiger partial charge in [0.1, 0.15) is 0 Å². The highest BCUT2D eigenvalue weighted by atomic mass is 16.5. The molecule has 13 heavy (non-hydrogen) atoms. The number of hydrogen-bond donors (Lipinski definition) is 1. The molecule has 1 N–H and O–H groups in total. The van der Waals surface area contributed by atoms with Gasteiger partial charge in [-0.1, -0.05) is 27.7 Å². The first kappa shape index (κ1) is 12.9. The predicted molar refractivity (Wildman–Crippen MR) is 58.1 cm³/mol. The van der Waals surface area contributed by atoms with E-state index >= 15 is 0 Å². The van der Waals surface area contributed by atoms with Crippen molar-refractivity contribution in [3.8, 4) is 0 Å². The van der Waals surface area contributed by atoms with Crippen LogP contribution in [0.4, 0.5) is 0 Å². The van der Waals surface area contributed by atoms with E-state index in [2.05, 4.69) is 33.0 Å². The minimum atomic E-state index is 0.0325. The van der Waals surface area contributed by atoms with Crippen LogP contribution in [0.25, 0.3) is 0 Å². The molecule has 0 amide bonds. The van der Waals surface area contributed by atoms with Gasteiger partial charge in [-0.3, -0.25) is 0 Å². The van der Waals surface area contributed by atoms with E-state index in [4.69, 9.17) is 4.74 Å². The van der Waals surface area contributed by atoms with Crippen molar-refractivity contribution in [1.29, 1.82) is 0 Å². The summed E-state index contributed by atoms with van der Waals surface area (Å²) in [4.78, 5) is 0. The lowest BCUT2D eigenvalue weighted by atomic mass is 9.86. The van der Waals surface area contributed by atoms with Gasteiger partial charge in [0.05, 0.1) is 5.60 Å². The van der Waals surface area contributed by atoms with Crippen LogP contribution in [0.1, 0.15) is 47.0 Å². The zero-order valence-corrected chi connectivity index (χ0v) is 9.81. The highest BCUT2D eigenvalue weighted by Crippen LogP contribution is 2.25. The van der Waals surface area contributed by atoms with Crippen LogP contribution in [0.5, 0.6) is 0 Å². The lowest BCUT2D eigenvalue weighted by molar-refractivity contribution is -0.0478. The summed E-state index contributed by atoms with van der Waals surface area (Å²) in [5.41, 5.74) is 0.0325. The van der Waals surface area contributed by atoms with E-state index in [-0.39, 0.29) is 5.60 Å². The van der Waals surface area contributed by atoms with Crippen molar-refractivity contribution in [3.05, 3.63) is 0 Å². The quantitative estimate of drug-likeness (QED) is 0.661. The van der Waals surface area contributed by atoms with Gasteiger partial charge in [-0.05, 0) is 25.8 Å². The van der Waals surface area contributed by atoms with E-state index in [1.54, 1.807) is 0 Å². The molecule has 0 fully saturated rings. The molecule has 0 rings (SSSR count). The van der Waals surface area contributed by atoms with E-state index in [9.17, 15) is 0 Å². The van der Waals surface area contributed by atoms with Gasteiger partial charge in [0.2, 0.25) is 0 Å². The fraction of sp³-hybridized carbons (Fsp3) is 1.00. The van der Waals surface area contributed by atoms with Crippen LogP contribution in [-0.2, 0) is 4.74 Å². The van der Waals surface area contributed by atoms with Crippen LogP contribution in [0.15, 0.2) is 0 Å².